The maximum absolute atomic E-state index is 10.6. The Morgan fingerprint density at radius 2 is 1.96 bits per heavy atom. The Morgan fingerprint density at radius 3 is 2.54 bits per heavy atom. The Hall–Kier alpha value is -2.23. The van der Waals surface area contributed by atoms with Crippen molar-refractivity contribution in [2.75, 3.05) is 13.6 Å². The summed E-state index contributed by atoms with van der Waals surface area (Å²) in [6, 6.07) is 12.3. The molecular weight excluding hydrogens is 421 g/mol. The molecular formula is C16H20IN5O2. The number of rotatable bonds is 6. The van der Waals surface area contributed by atoms with Crippen LogP contribution in [-0.2, 0) is 13.0 Å². The normalized spacial score (nSPS) is 10.6. The molecule has 1 aromatic heterocycles. The summed E-state index contributed by atoms with van der Waals surface area (Å²) in [5.74, 6) is 0.680. The number of nitrogens with zero attached hydrogens (tertiary/aromatic N) is 3. The molecule has 2 aromatic rings. The van der Waals surface area contributed by atoms with Gasteiger partial charge in [0.2, 0.25) is 0 Å². The summed E-state index contributed by atoms with van der Waals surface area (Å²) in [6.45, 7) is 1.26. The molecule has 0 radical (unpaired) electrons. The minimum absolute atomic E-state index is 0. The lowest BCUT2D eigenvalue weighted by Crippen LogP contribution is -2.37. The predicted molar refractivity (Wildman–Crippen MR) is 105 cm³/mol. The van der Waals surface area contributed by atoms with E-state index in [0.717, 1.165) is 24.2 Å². The van der Waals surface area contributed by atoms with Gasteiger partial charge in [0.1, 0.15) is 0 Å². The quantitative estimate of drug-likeness (QED) is 0.236. The maximum Gasteiger partial charge on any atom is 0.269 e. The molecule has 1 heterocycles. The Morgan fingerprint density at radius 1 is 1.21 bits per heavy atom. The zero-order chi connectivity index (χ0) is 16.5. The number of pyridine rings is 1. The first-order valence-electron chi connectivity index (χ1n) is 7.27. The predicted octanol–water partition coefficient (Wildman–Crippen LogP) is 2.52. The second-order valence-electron chi connectivity index (χ2n) is 4.85. The minimum atomic E-state index is -0.407. The van der Waals surface area contributed by atoms with Crippen molar-refractivity contribution in [3.8, 4) is 0 Å². The molecule has 0 aliphatic carbocycles. The van der Waals surface area contributed by atoms with Crippen LogP contribution in [0, 0.1) is 10.1 Å². The van der Waals surface area contributed by atoms with Crippen LogP contribution in [0.3, 0.4) is 0 Å². The summed E-state index contributed by atoms with van der Waals surface area (Å²) in [7, 11) is 1.70. The van der Waals surface area contributed by atoms with Crippen LogP contribution >= 0.6 is 24.0 Å². The van der Waals surface area contributed by atoms with Crippen molar-refractivity contribution in [1.29, 1.82) is 0 Å². The first-order valence-corrected chi connectivity index (χ1v) is 7.27. The minimum Gasteiger partial charge on any atom is -0.356 e. The van der Waals surface area contributed by atoms with Gasteiger partial charge in [-0.15, -0.1) is 24.0 Å². The highest BCUT2D eigenvalue weighted by molar-refractivity contribution is 14.0. The standard InChI is InChI=1S/C16H19N5O2.HI/c1-17-16(19-11-9-14-4-2-3-10-18-14)20-12-13-5-7-15(8-6-13)21(22)23;/h2-8,10H,9,11-12H2,1H3,(H2,17,19,20);1H. The highest BCUT2D eigenvalue weighted by atomic mass is 127. The van der Waals surface area contributed by atoms with E-state index in [1.807, 2.05) is 18.2 Å². The van der Waals surface area contributed by atoms with E-state index in [4.69, 9.17) is 0 Å². The van der Waals surface area contributed by atoms with Gasteiger partial charge in [0.15, 0.2) is 5.96 Å². The highest BCUT2D eigenvalue weighted by Gasteiger charge is 2.04. The molecule has 0 aliphatic rings. The average molecular weight is 441 g/mol. The number of nitro benzene ring substituents is 1. The molecule has 0 amide bonds. The van der Waals surface area contributed by atoms with E-state index in [-0.39, 0.29) is 29.7 Å². The van der Waals surface area contributed by atoms with Crippen LogP contribution in [-0.4, -0.2) is 29.5 Å². The Labute approximate surface area is 157 Å². The second kappa shape index (κ2) is 10.5. The van der Waals surface area contributed by atoms with Gasteiger partial charge in [0, 0.05) is 50.6 Å². The molecule has 0 aliphatic heterocycles. The molecule has 0 saturated carbocycles. The van der Waals surface area contributed by atoms with Crippen molar-refractivity contribution in [2.45, 2.75) is 13.0 Å². The smallest absolute Gasteiger partial charge is 0.269 e. The van der Waals surface area contributed by atoms with Gasteiger partial charge >= 0.3 is 0 Å². The summed E-state index contributed by atoms with van der Waals surface area (Å²) in [5, 5.41) is 17.0. The lowest BCUT2D eigenvalue weighted by Gasteiger charge is -2.11. The monoisotopic (exact) mass is 441 g/mol. The van der Waals surface area contributed by atoms with E-state index in [1.165, 1.54) is 12.1 Å². The van der Waals surface area contributed by atoms with Crippen LogP contribution in [0.25, 0.3) is 0 Å². The van der Waals surface area contributed by atoms with Crippen LogP contribution in [0.2, 0.25) is 0 Å². The van der Waals surface area contributed by atoms with Gasteiger partial charge in [-0.2, -0.15) is 0 Å². The number of nitro groups is 1. The largest absolute Gasteiger partial charge is 0.356 e. The van der Waals surface area contributed by atoms with Crippen LogP contribution < -0.4 is 10.6 Å². The van der Waals surface area contributed by atoms with Gasteiger partial charge in [-0.3, -0.25) is 20.1 Å². The van der Waals surface area contributed by atoms with E-state index in [9.17, 15) is 10.1 Å². The van der Waals surface area contributed by atoms with Crippen molar-refractivity contribution < 1.29 is 4.92 Å². The van der Waals surface area contributed by atoms with Crippen LogP contribution in [0.15, 0.2) is 53.7 Å². The Kier molecular flexibility index (Phi) is 8.69. The Balaban J connectivity index is 0.00000288. The number of benzene rings is 1. The van der Waals surface area contributed by atoms with Gasteiger partial charge in [-0.05, 0) is 17.7 Å². The number of aliphatic imine (C=N–C) groups is 1. The summed E-state index contributed by atoms with van der Waals surface area (Å²) in [5.41, 5.74) is 2.06. The molecule has 1 aromatic carbocycles. The summed E-state index contributed by atoms with van der Waals surface area (Å²) in [6.07, 6.45) is 2.58. The third kappa shape index (κ3) is 6.49. The number of aromatic nitrogens is 1. The highest BCUT2D eigenvalue weighted by Crippen LogP contribution is 2.11. The fourth-order valence-electron chi connectivity index (χ4n) is 2.00. The number of guanidine groups is 1. The lowest BCUT2D eigenvalue weighted by molar-refractivity contribution is -0.384. The second-order valence-corrected chi connectivity index (χ2v) is 4.85. The van der Waals surface area contributed by atoms with Gasteiger partial charge in [-0.25, -0.2) is 0 Å². The fraction of sp³-hybridized carbons (Fsp3) is 0.250. The maximum atomic E-state index is 10.6. The summed E-state index contributed by atoms with van der Waals surface area (Å²) >= 11 is 0. The van der Waals surface area contributed by atoms with E-state index in [1.54, 1.807) is 25.4 Å². The number of hydrogen-bond acceptors (Lipinski definition) is 4. The fourth-order valence-corrected chi connectivity index (χ4v) is 2.00. The van der Waals surface area contributed by atoms with Crippen LogP contribution in [0.5, 0.6) is 0 Å². The van der Waals surface area contributed by atoms with Crippen molar-refractivity contribution >= 4 is 35.6 Å². The molecule has 2 rings (SSSR count). The zero-order valence-electron chi connectivity index (χ0n) is 13.3. The molecule has 128 valence electrons. The first kappa shape index (κ1) is 19.8. The van der Waals surface area contributed by atoms with E-state index in [2.05, 4.69) is 20.6 Å². The van der Waals surface area contributed by atoms with Crippen LogP contribution in [0.1, 0.15) is 11.3 Å². The molecule has 0 fully saturated rings. The van der Waals surface area contributed by atoms with Crippen molar-refractivity contribution in [1.82, 2.24) is 15.6 Å². The molecule has 2 N–H and O–H groups in total. The number of non-ortho nitro benzene ring substituents is 1. The van der Waals surface area contributed by atoms with Gasteiger partial charge in [0.25, 0.3) is 5.69 Å². The van der Waals surface area contributed by atoms with E-state index >= 15 is 0 Å². The van der Waals surface area contributed by atoms with E-state index in [0.29, 0.717) is 12.5 Å². The molecule has 24 heavy (non-hydrogen) atoms. The number of halogens is 1. The molecule has 0 unspecified atom stereocenters. The summed E-state index contributed by atoms with van der Waals surface area (Å²) < 4.78 is 0. The molecule has 8 heteroatoms. The number of hydrogen-bond donors (Lipinski definition) is 2. The Bertz CT molecular complexity index is 662. The van der Waals surface area contributed by atoms with Crippen molar-refractivity contribution in [2.24, 2.45) is 4.99 Å². The van der Waals surface area contributed by atoms with E-state index < -0.39 is 4.92 Å². The van der Waals surface area contributed by atoms with Crippen molar-refractivity contribution in [3.05, 3.63) is 70.0 Å². The number of nitrogens with one attached hydrogen (secondary N) is 2. The third-order valence-corrected chi connectivity index (χ3v) is 3.23. The lowest BCUT2D eigenvalue weighted by atomic mass is 10.2. The topological polar surface area (TPSA) is 92.5 Å². The van der Waals surface area contributed by atoms with Crippen molar-refractivity contribution in [3.63, 3.8) is 0 Å². The van der Waals surface area contributed by atoms with Gasteiger partial charge in [-0.1, -0.05) is 18.2 Å². The molecule has 0 saturated heterocycles. The van der Waals surface area contributed by atoms with Crippen LogP contribution in [0.4, 0.5) is 5.69 Å². The molecule has 0 spiro atoms. The first-order chi connectivity index (χ1) is 11.2. The SMILES string of the molecule is CN=C(NCCc1ccccn1)NCc1ccc([N+](=O)[O-])cc1.I. The summed E-state index contributed by atoms with van der Waals surface area (Å²) in [4.78, 5) is 18.6. The zero-order valence-corrected chi connectivity index (χ0v) is 15.6. The van der Waals surface area contributed by atoms with Gasteiger partial charge in [0.05, 0.1) is 4.92 Å². The van der Waals surface area contributed by atoms with Gasteiger partial charge < -0.3 is 10.6 Å². The molecule has 0 bridgehead atoms. The third-order valence-electron chi connectivity index (χ3n) is 3.23. The molecule has 0 atom stereocenters. The average Bonchev–Trinajstić information content (AvgIpc) is 2.59. The molecule has 7 nitrogen and oxygen atoms in total.